The van der Waals surface area contributed by atoms with Crippen molar-refractivity contribution in [3.63, 3.8) is 0 Å². The smallest absolute Gasteiger partial charge is 0.240 e. The molecule has 0 aliphatic carbocycles. The summed E-state index contributed by atoms with van der Waals surface area (Å²) >= 11 is 11.7. The Bertz CT molecular complexity index is 607. The maximum Gasteiger partial charge on any atom is 0.240 e. The van der Waals surface area contributed by atoms with E-state index in [1.54, 1.807) is 0 Å². The van der Waals surface area contributed by atoms with E-state index in [1.165, 1.54) is 25.3 Å². The minimum Gasteiger partial charge on any atom is -0.383 e. The lowest BCUT2D eigenvalue weighted by atomic mass is 10.3. The molecule has 1 rings (SSSR count). The van der Waals surface area contributed by atoms with Gasteiger partial charge in [0.25, 0.3) is 0 Å². The van der Waals surface area contributed by atoms with Crippen LogP contribution in [0, 0.1) is 0 Å². The number of nitrogens with zero attached hydrogens (tertiary/aromatic N) is 1. The highest BCUT2D eigenvalue weighted by Crippen LogP contribution is 2.28. The van der Waals surface area contributed by atoms with Gasteiger partial charge in [0.15, 0.2) is 0 Å². The fourth-order valence-electron chi connectivity index (χ4n) is 1.52. The van der Waals surface area contributed by atoms with E-state index in [0.29, 0.717) is 18.2 Å². The van der Waals surface area contributed by atoms with Gasteiger partial charge in [-0.2, -0.15) is 0 Å². The molecule has 0 heterocycles. The van der Waals surface area contributed by atoms with Gasteiger partial charge in [0.05, 0.1) is 28.6 Å². The molecule has 9 heteroatoms. The van der Waals surface area contributed by atoms with Gasteiger partial charge < -0.3 is 10.1 Å². The van der Waals surface area contributed by atoms with E-state index in [-0.39, 0.29) is 17.3 Å². The highest BCUT2D eigenvalue weighted by molar-refractivity contribution is 7.92. The Labute approximate surface area is 134 Å². The molecule has 0 aromatic heterocycles. The van der Waals surface area contributed by atoms with Crippen LogP contribution in [0.4, 0.5) is 5.69 Å². The monoisotopic (exact) mass is 354 g/mol. The second kappa shape index (κ2) is 7.84. The first-order valence-electron chi connectivity index (χ1n) is 5.94. The van der Waals surface area contributed by atoms with Crippen LogP contribution in [0.5, 0.6) is 0 Å². The molecule has 21 heavy (non-hydrogen) atoms. The molecule has 0 unspecified atom stereocenters. The third-order valence-electron chi connectivity index (χ3n) is 2.51. The lowest BCUT2D eigenvalue weighted by Crippen LogP contribution is -2.41. The molecule has 0 saturated heterocycles. The fourth-order valence-corrected chi connectivity index (χ4v) is 2.66. The highest BCUT2D eigenvalue weighted by atomic mass is 35.5. The SMILES string of the molecule is COCCNC(=O)CN(c1ccc(Cl)c(Cl)c1)S(C)(=O)=O. The second-order valence-electron chi connectivity index (χ2n) is 4.21. The van der Waals surface area contributed by atoms with Crippen molar-refractivity contribution in [2.75, 3.05) is 37.4 Å². The summed E-state index contributed by atoms with van der Waals surface area (Å²) in [4.78, 5) is 11.8. The van der Waals surface area contributed by atoms with E-state index in [9.17, 15) is 13.2 Å². The van der Waals surface area contributed by atoms with Crippen molar-refractivity contribution < 1.29 is 17.9 Å². The third kappa shape index (κ3) is 5.70. The van der Waals surface area contributed by atoms with Crippen LogP contribution < -0.4 is 9.62 Å². The number of amides is 1. The van der Waals surface area contributed by atoms with Gasteiger partial charge >= 0.3 is 0 Å². The summed E-state index contributed by atoms with van der Waals surface area (Å²) in [5.41, 5.74) is 0.272. The first-order chi connectivity index (χ1) is 9.75. The van der Waals surface area contributed by atoms with E-state index in [1.807, 2.05) is 0 Å². The Morgan fingerprint density at radius 3 is 2.52 bits per heavy atom. The van der Waals surface area contributed by atoms with Crippen molar-refractivity contribution in [1.29, 1.82) is 0 Å². The van der Waals surface area contributed by atoms with Crippen LogP contribution in [0.15, 0.2) is 18.2 Å². The van der Waals surface area contributed by atoms with Crippen molar-refractivity contribution in [2.45, 2.75) is 0 Å². The van der Waals surface area contributed by atoms with Crippen molar-refractivity contribution in [3.05, 3.63) is 28.2 Å². The van der Waals surface area contributed by atoms with Crippen LogP contribution in [0.2, 0.25) is 10.0 Å². The average molecular weight is 355 g/mol. The van der Waals surface area contributed by atoms with E-state index in [0.717, 1.165) is 10.6 Å². The molecule has 118 valence electrons. The molecule has 6 nitrogen and oxygen atoms in total. The summed E-state index contributed by atoms with van der Waals surface area (Å²) < 4.78 is 29.4. The Kier molecular flexibility index (Phi) is 6.73. The van der Waals surface area contributed by atoms with Crippen molar-refractivity contribution >= 4 is 44.8 Å². The lowest BCUT2D eigenvalue weighted by molar-refractivity contribution is -0.119. The predicted molar refractivity (Wildman–Crippen MR) is 83.5 cm³/mol. The van der Waals surface area contributed by atoms with Gasteiger partial charge in [-0.05, 0) is 18.2 Å². The van der Waals surface area contributed by atoms with Crippen molar-refractivity contribution in [2.24, 2.45) is 0 Å². The number of rotatable bonds is 7. The van der Waals surface area contributed by atoms with Crippen LogP contribution >= 0.6 is 23.2 Å². The number of benzene rings is 1. The van der Waals surface area contributed by atoms with Gasteiger partial charge in [-0.3, -0.25) is 9.10 Å². The van der Waals surface area contributed by atoms with Crippen LogP contribution in [-0.2, 0) is 19.6 Å². The van der Waals surface area contributed by atoms with Crippen molar-refractivity contribution in [1.82, 2.24) is 5.32 Å². The normalized spacial score (nSPS) is 11.2. The maximum absolute atomic E-state index is 11.8. The number of carbonyl (C=O) groups excluding carboxylic acids is 1. The maximum atomic E-state index is 11.8. The summed E-state index contributed by atoms with van der Waals surface area (Å²) in [5, 5.41) is 3.07. The number of sulfonamides is 1. The highest BCUT2D eigenvalue weighted by Gasteiger charge is 2.21. The molecule has 0 saturated carbocycles. The molecule has 1 aromatic carbocycles. The largest absolute Gasteiger partial charge is 0.383 e. The molecule has 0 bridgehead atoms. The molecular weight excluding hydrogens is 339 g/mol. The molecule has 0 aliphatic heterocycles. The molecule has 0 spiro atoms. The van der Waals surface area contributed by atoms with Gasteiger partial charge in [-0.25, -0.2) is 8.42 Å². The number of halogens is 2. The number of carbonyl (C=O) groups is 1. The van der Waals surface area contributed by atoms with E-state index >= 15 is 0 Å². The minimum absolute atomic E-state index is 0.211. The Morgan fingerprint density at radius 1 is 1.33 bits per heavy atom. The van der Waals surface area contributed by atoms with Gasteiger partial charge in [-0.1, -0.05) is 23.2 Å². The van der Waals surface area contributed by atoms with E-state index < -0.39 is 15.9 Å². The standard InChI is InChI=1S/C12H16Cl2N2O4S/c1-20-6-5-15-12(17)8-16(21(2,18)19)9-3-4-10(13)11(14)7-9/h3-4,7H,5-6,8H2,1-2H3,(H,15,17). The number of hydrogen-bond donors (Lipinski definition) is 1. The topological polar surface area (TPSA) is 75.7 Å². The Hall–Kier alpha value is -1.02. The van der Waals surface area contributed by atoms with E-state index in [4.69, 9.17) is 27.9 Å². The number of methoxy groups -OCH3 is 1. The summed E-state index contributed by atoms with van der Waals surface area (Å²) in [5.74, 6) is -0.441. The van der Waals surface area contributed by atoms with Crippen LogP contribution in [0.1, 0.15) is 0 Å². The number of hydrogen-bond acceptors (Lipinski definition) is 4. The molecule has 0 atom stereocenters. The lowest BCUT2D eigenvalue weighted by Gasteiger charge is -2.22. The van der Waals surface area contributed by atoms with Gasteiger partial charge in [-0.15, -0.1) is 0 Å². The summed E-state index contributed by atoms with van der Waals surface area (Å²) in [6, 6.07) is 4.35. The molecule has 1 N–H and O–H groups in total. The average Bonchev–Trinajstić information content (AvgIpc) is 2.38. The van der Waals surface area contributed by atoms with Gasteiger partial charge in [0.1, 0.15) is 6.54 Å². The first-order valence-corrected chi connectivity index (χ1v) is 8.54. The molecule has 0 aliphatic rings. The summed E-state index contributed by atoms with van der Waals surface area (Å²) in [6.07, 6.45) is 1.01. The predicted octanol–water partition coefficient (Wildman–Crippen LogP) is 1.52. The van der Waals surface area contributed by atoms with Gasteiger partial charge in [0, 0.05) is 13.7 Å². The zero-order valence-corrected chi connectivity index (χ0v) is 13.9. The van der Waals surface area contributed by atoms with Gasteiger partial charge in [0.2, 0.25) is 15.9 Å². The number of nitrogens with one attached hydrogen (secondary N) is 1. The van der Waals surface area contributed by atoms with Crippen LogP contribution in [-0.4, -0.2) is 47.4 Å². The Morgan fingerprint density at radius 2 is 2.00 bits per heavy atom. The third-order valence-corrected chi connectivity index (χ3v) is 4.39. The van der Waals surface area contributed by atoms with Crippen LogP contribution in [0.25, 0.3) is 0 Å². The zero-order valence-electron chi connectivity index (χ0n) is 11.6. The Balaban J connectivity index is 2.92. The minimum atomic E-state index is -3.63. The second-order valence-corrected chi connectivity index (χ2v) is 6.93. The van der Waals surface area contributed by atoms with E-state index in [2.05, 4.69) is 5.32 Å². The molecule has 0 fully saturated rings. The first kappa shape index (κ1) is 18.0. The molecular formula is C12H16Cl2N2O4S. The number of anilines is 1. The molecule has 1 amide bonds. The fraction of sp³-hybridized carbons (Fsp3) is 0.417. The van der Waals surface area contributed by atoms with Crippen LogP contribution in [0.3, 0.4) is 0 Å². The number of ether oxygens (including phenoxy) is 1. The zero-order chi connectivity index (χ0) is 16.0. The summed E-state index contributed by atoms with van der Waals surface area (Å²) in [6.45, 7) is 0.298. The molecule has 0 radical (unpaired) electrons. The summed E-state index contributed by atoms with van der Waals surface area (Å²) in [7, 11) is -2.13. The van der Waals surface area contributed by atoms with Crippen molar-refractivity contribution in [3.8, 4) is 0 Å². The quantitative estimate of drug-likeness (QED) is 0.753. The molecule has 1 aromatic rings.